The van der Waals surface area contributed by atoms with Gasteiger partial charge >= 0.3 is 0 Å². The Bertz CT molecular complexity index is 884. The van der Waals surface area contributed by atoms with Gasteiger partial charge in [0.2, 0.25) is 5.91 Å². The highest BCUT2D eigenvalue weighted by atomic mass is 32.1. The minimum absolute atomic E-state index is 0.310. The van der Waals surface area contributed by atoms with E-state index in [9.17, 15) is 9.18 Å². The topological polar surface area (TPSA) is 42.0 Å². The van der Waals surface area contributed by atoms with E-state index in [1.807, 2.05) is 36.6 Å². The van der Waals surface area contributed by atoms with E-state index in [1.54, 1.807) is 29.5 Å². The van der Waals surface area contributed by atoms with E-state index in [2.05, 4.69) is 10.3 Å². The van der Waals surface area contributed by atoms with E-state index in [1.165, 1.54) is 18.2 Å². The molecule has 0 aliphatic carbocycles. The number of carbonyl (C=O) groups excluding carboxylic acids is 1. The highest BCUT2D eigenvalue weighted by Gasteiger charge is 2.03. The molecule has 2 aromatic carbocycles. The van der Waals surface area contributed by atoms with Crippen molar-refractivity contribution < 1.29 is 9.18 Å². The van der Waals surface area contributed by atoms with E-state index in [4.69, 9.17) is 0 Å². The fraction of sp³-hybridized carbons (Fsp3) is 0.0526. The van der Waals surface area contributed by atoms with Gasteiger partial charge in [-0.3, -0.25) is 4.79 Å². The van der Waals surface area contributed by atoms with Crippen molar-refractivity contribution in [3.05, 3.63) is 76.4 Å². The van der Waals surface area contributed by atoms with Gasteiger partial charge in [-0.2, -0.15) is 0 Å². The first-order valence-corrected chi connectivity index (χ1v) is 8.26. The van der Waals surface area contributed by atoms with Crippen LogP contribution < -0.4 is 5.32 Å². The van der Waals surface area contributed by atoms with Crippen molar-refractivity contribution >= 4 is 29.0 Å². The maximum absolute atomic E-state index is 13.5. The minimum Gasteiger partial charge on any atom is -0.323 e. The molecule has 0 bridgehead atoms. The molecular formula is C19H15FN2OS. The first kappa shape index (κ1) is 16.1. The van der Waals surface area contributed by atoms with Gasteiger partial charge in [-0.05, 0) is 31.2 Å². The van der Waals surface area contributed by atoms with Gasteiger partial charge in [-0.1, -0.05) is 30.3 Å². The molecule has 3 rings (SSSR count). The number of aryl methyl sites for hydroxylation is 1. The van der Waals surface area contributed by atoms with Crippen LogP contribution in [0.4, 0.5) is 10.1 Å². The number of hydrogen-bond donors (Lipinski definition) is 1. The molecule has 1 aromatic heterocycles. The fourth-order valence-corrected chi connectivity index (χ4v) is 2.80. The molecule has 0 aliphatic heterocycles. The normalized spacial score (nSPS) is 10.9. The lowest BCUT2D eigenvalue weighted by molar-refractivity contribution is -0.111. The average Bonchev–Trinajstić information content (AvgIpc) is 3.01. The third-order valence-corrected chi connectivity index (χ3v) is 4.16. The molecule has 1 N–H and O–H groups in total. The number of rotatable bonds is 4. The Morgan fingerprint density at radius 1 is 1.17 bits per heavy atom. The highest BCUT2D eigenvalue weighted by molar-refractivity contribution is 7.09. The van der Waals surface area contributed by atoms with Crippen LogP contribution in [-0.4, -0.2) is 10.9 Å². The Labute approximate surface area is 143 Å². The summed E-state index contributed by atoms with van der Waals surface area (Å²) in [5.41, 5.74) is 2.98. The lowest BCUT2D eigenvalue weighted by Gasteiger charge is -2.03. The molecule has 1 amide bonds. The van der Waals surface area contributed by atoms with Crippen LogP contribution in [0.5, 0.6) is 0 Å². The number of nitrogens with zero attached hydrogens (tertiary/aromatic N) is 1. The highest BCUT2D eigenvalue weighted by Crippen LogP contribution is 2.23. The number of thiazole rings is 1. The van der Waals surface area contributed by atoms with Gasteiger partial charge in [0.15, 0.2) is 0 Å². The zero-order valence-corrected chi connectivity index (χ0v) is 13.8. The number of amides is 1. The van der Waals surface area contributed by atoms with Gasteiger partial charge in [0.1, 0.15) is 5.82 Å². The van der Waals surface area contributed by atoms with Gasteiger partial charge in [0, 0.05) is 28.3 Å². The number of benzene rings is 2. The van der Waals surface area contributed by atoms with Crippen LogP contribution in [0.15, 0.2) is 60.0 Å². The van der Waals surface area contributed by atoms with E-state index in [0.29, 0.717) is 11.3 Å². The summed E-state index contributed by atoms with van der Waals surface area (Å²) in [6, 6.07) is 13.8. The Balaban J connectivity index is 1.65. The van der Waals surface area contributed by atoms with Gasteiger partial charge in [-0.25, -0.2) is 9.37 Å². The fourth-order valence-electron chi connectivity index (χ4n) is 2.18. The molecule has 3 nitrogen and oxygen atoms in total. The second kappa shape index (κ2) is 7.19. The monoisotopic (exact) mass is 338 g/mol. The van der Waals surface area contributed by atoms with Crippen LogP contribution in [-0.2, 0) is 4.79 Å². The standard InChI is InChI=1S/C19H15FN2OS/c1-13-21-18(12-24-13)15-6-9-16(10-7-15)22-19(23)11-8-14-4-2-3-5-17(14)20/h2-12H,1H3,(H,22,23)/b11-8+. The summed E-state index contributed by atoms with van der Waals surface area (Å²) in [5, 5.41) is 5.76. The van der Waals surface area contributed by atoms with Gasteiger partial charge in [0.25, 0.3) is 0 Å². The molecule has 0 radical (unpaired) electrons. The van der Waals surface area contributed by atoms with Gasteiger partial charge < -0.3 is 5.32 Å². The summed E-state index contributed by atoms with van der Waals surface area (Å²) in [7, 11) is 0. The molecular weight excluding hydrogens is 323 g/mol. The SMILES string of the molecule is Cc1nc(-c2ccc(NC(=O)/C=C/c3ccccc3F)cc2)cs1. The smallest absolute Gasteiger partial charge is 0.248 e. The summed E-state index contributed by atoms with van der Waals surface area (Å²) in [4.78, 5) is 16.4. The van der Waals surface area contributed by atoms with Crippen molar-refractivity contribution in [1.29, 1.82) is 0 Å². The third kappa shape index (κ3) is 3.94. The maximum Gasteiger partial charge on any atom is 0.248 e. The Hall–Kier alpha value is -2.79. The van der Waals surface area contributed by atoms with Crippen molar-refractivity contribution in [2.75, 3.05) is 5.32 Å². The van der Waals surface area contributed by atoms with Crippen molar-refractivity contribution in [2.24, 2.45) is 0 Å². The molecule has 0 spiro atoms. The number of aromatic nitrogens is 1. The summed E-state index contributed by atoms with van der Waals surface area (Å²) in [6.45, 7) is 1.96. The maximum atomic E-state index is 13.5. The van der Waals surface area contributed by atoms with Crippen LogP contribution >= 0.6 is 11.3 Å². The van der Waals surface area contributed by atoms with Gasteiger partial charge in [0.05, 0.1) is 10.7 Å². The number of halogens is 1. The quantitative estimate of drug-likeness (QED) is 0.687. The van der Waals surface area contributed by atoms with E-state index in [0.717, 1.165) is 16.3 Å². The minimum atomic E-state index is -0.357. The predicted octanol–water partition coefficient (Wildman–Crippen LogP) is 4.91. The molecule has 0 saturated carbocycles. The predicted molar refractivity (Wildman–Crippen MR) is 96.4 cm³/mol. The van der Waals surface area contributed by atoms with Crippen LogP contribution in [0.2, 0.25) is 0 Å². The molecule has 0 saturated heterocycles. The van der Waals surface area contributed by atoms with E-state index >= 15 is 0 Å². The Morgan fingerprint density at radius 3 is 2.58 bits per heavy atom. The van der Waals surface area contributed by atoms with Crippen molar-refractivity contribution in [3.8, 4) is 11.3 Å². The van der Waals surface area contributed by atoms with Crippen LogP contribution in [0.25, 0.3) is 17.3 Å². The molecule has 0 unspecified atom stereocenters. The number of hydrogen-bond acceptors (Lipinski definition) is 3. The molecule has 1 heterocycles. The number of carbonyl (C=O) groups is 1. The number of nitrogens with one attached hydrogen (secondary N) is 1. The van der Waals surface area contributed by atoms with E-state index in [-0.39, 0.29) is 11.7 Å². The summed E-state index contributed by atoms with van der Waals surface area (Å²) in [6.07, 6.45) is 2.77. The Kier molecular flexibility index (Phi) is 4.82. The zero-order chi connectivity index (χ0) is 16.9. The van der Waals surface area contributed by atoms with Gasteiger partial charge in [-0.15, -0.1) is 11.3 Å². The largest absolute Gasteiger partial charge is 0.323 e. The molecule has 120 valence electrons. The average molecular weight is 338 g/mol. The third-order valence-electron chi connectivity index (χ3n) is 3.39. The van der Waals surface area contributed by atoms with Crippen LogP contribution in [0.3, 0.4) is 0 Å². The van der Waals surface area contributed by atoms with Crippen molar-refractivity contribution in [1.82, 2.24) is 4.98 Å². The molecule has 3 aromatic rings. The second-order valence-electron chi connectivity index (χ2n) is 5.17. The van der Waals surface area contributed by atoms with Crippen molar-refractivity contribution in [2.45, 2.75) is 6.92 Å². The molecule has 0 fully saturated rings. The molecule has 0 aliphatic rings. The van der Waals surface area contributed by atoms with Crippen LogP contribution in [0, 0.1) is 12.7 Å². The first-order valence-electron chi connectivity index (χ1n) is 7.38. The lowest BCUT2D eigenvalue weighted by Crippen LogP contribution is -2.07. The summed E-state index contributed by atoms with van der Waals surface area (Å²) in [5.74, 6) is -0.667. The second-order valence-corrected chi connectivity index (χ2v) is 6.24. The Morgan fingerprint density at radius 2 is 1.92 bits per heavy atom. The molecule has 5 heteroatoms. The van der Waals surface area contributed by atoms with E-state index < -0.39 is 0 Å². The first-order chi connectivity index (χ1) is 11.6. The summed E-state index contributed by atoms with van der Waals surface area (Å²) >= 11 is 1.60. The van der Waals surface area contributed by atoms with Crippen LogP contribution in [0.1, 0.15) is 10.6 Å². The zero-order valence-electron chi connectivity index (χ0n) is 13.0. The number of anilines is 1. The lowest BCUT2D eigenvalue weighted by atomic mass is 10.1. The van der Waals surface area contributed by atoms with Crippen molar-refractivity contribution in [3.63, 3.8) is 0 Å². The summed E-state index contributed by atoms with van der Waals surface area (Å²) < 4.78 is 13.5. The molecule has 0 atom stereocenters. The molecule has 24 heavy (non-hydrogen) atoms.